The van der Waals surface area contributed by atoms with Gasteiger partial charge in [-0.3, -0.25) is 14.3 Å². The SMILES string of the molecule is CCCC(c1nc2cc(C)c(Br)cc2c(=O)n1CC)N1C[C@H](C)C[C@H](C)C1. The van der Waals surface area contributed by atoms with Crippen LogP contribution in [0, 0.1) is 18.8 Å². The quantitative estimate of drug-likeness (QED) is 0.641. The zero-order chi connectivity index (χ0) is 19.7. The number of piperidine rings is 1. The first kappa shape index (κ1) is 20.5. The predicted molar refractivity (Wildman–Crippen MR) is 116 cm³/mol. The van der Waals surface area contributed by atoms with E-state index in [0.717, 1.165) is 47.3 Å². The summed E-state index contributed by atoms with van der Waals surface area (Å²) in [4.78, 5) is 20.9. The van der Waals surface area contributed by atoms with Gasteiger partial charge in [0, 0.05) is 24.1 Å². The second-order valence-corrected chi connectivity index (χ2v) is 9.20. The molecular formula is C22H32BrN3O. The molecule has 1 aliphatic rings. The molecule has 5 heteroatoms. The monoisotopic (exact) mass is 433 g/mol. The summed E-state index contributed by atoms with van der Waals surface area (Å²) in [6.45, 7) is 13.8. The van der Waals surface area contributed by atoms with Gasteiger partial charge in [0.25, 0.3) is 5.56 Å². The van der Waals surface area contributed by atoms with Gasteiger partial charge in [-0.05, 0) is 56.2 Å². The Kier molecular flexibility index (Phi) is 6.42. The first-order chi connectivity index (χ1) is 12.8. The van der Waals surface area contributed by atoms with E-state index >= 15 is 0 Å². The number of benzene rings is 1. The van der Waals surface area contributed by atoms with Crippen molar-refractivity contribution >= 4 is 26.8 Å². The molecule has 0 amide bonds. The van der Waals surface area contributed by atoms with Crippen LogP contribution in [0.1, 0.15) is 64.4 Å². The van der Waals surface area contributed by atoms with Crippen LogP contribution in [0.2, 0.25) is 0 Å². The van der Waals surface area contributed by atoms with Crippen molar-refractivity contribution in [1.29, 1.82) is 0 Å². The Labute approximate surface area is 171 Å². The molecule has 3 rings (SSSR count). The van der Waals surface area contributed by atoms with Gasteiger partial charge in [0.15, 0.2) is 0 Å². The lowest BCUT2D eigenvalue weighted by molar-refractivity contribution is 0.0836. The smallest absolute Gasteiger partial charge is 0.261 e. The minimum absolute atomic E-state index is 0.0809. The van der Waals surface area contributed by atoms with Crippen LogP contribution in [-0.4, -0.2) is 27.5 Å². The van der Waals surface area contributed by atoms with E-state index in [4.69, 9.17) is 4.98 Å². The van der Waals surface area contributed by atoms with E-state index in [9.17, 15) is 4.79 Å². The maximum absolute atomic E-state index is 13.2. The van der Waals surface area contributed by atoms with Gasteiger partial charge in [-0.25, -0.2) is 4.98 Å². The van der Waals surface area contributed by atoms with Crippen LogP contribution >= 0.6 is 15.9 Å². The van der Waals surface area contributed by atoms with E-state index in [1.54, 1.807) is 0 Å². The van der Waals surface area contributed by atoms with Gasteiger partial charge in [-0.2, -0.15) is 0 Å². The Bertz CT molecular complexity index is 866. The summed E-state index contributed by atoms with van der Waals surface area (Å²) in [6, 6.07) is 4.17. The van der Waals surface area contributed by atoms with Gasteiger partial charge >= 0.3 is 0 Å². The molecular weight excluding hydrogens is 402 g/mol. The summed E-state index contributed by atoms with van der Waals surface area (Å²) >= 11 is 3.56. The Morgan fingerprint density at radius 3 is 2.48 bits per heavy atom. The number of aromatic nitrogens is 2. The molecule has 0 spiro atoms. The molecule has 1 saturated heterocycles. The van der Waals surface area contributed by atoms with Crippen molar-refractivity contribution < 1.29 is 0 Å². The van der Waals surface area contributed by atoms with E-state index in [1.807, 2.05) is 30.5 Å². The second-order valence-electron chi connectivity index (χ2n) is 8.34. The molecule has 1 aromatic heterocycles. The van der Waals surface area contributed by atoms with E-state index in [2.05, 4.69) is 41.6 Å². The van der Waals surface area contributed by atoms with Gasteiger partial charge in [-0.1, -0.05) is 43.1 Å². The fourth-order valence-corrected chi connectivity index (χ4v) is 4.98. The van der Waals surface area contributed by atoms with Gasteiger partial charge in [-0.15, -0.1) is 0 Å². The fourth-order valence-electron chi connectivity index (χ4n) is 4.64. The van der Waals surface area contributed by atoms with Crippen molar-refractivity contribution in [3.8, 4) is 0 Å². The van der Waals surface area contributed by atoms with Crippen LogP contribution in [0.5, 0.6) is 0 Å². The molecule has 2 heterocycles. The summed E-state index contributed by atoms with van der Waals surface area (Å²) in [6.07, 6.45) is 3.40. The Hall–Kier alpha value is -1.20. The molecule has 3 atom stereocenters. The summed E-state index contributed by atoms with van der Waals surface area (Å²) in [7, 11) is 0. The Balaban J connectivity index is 2.16. The second kappa shape index (κ2) is 8.44. The number of nitrogens with zero attached hydrogens (tertiary/aromatic N) is 3. The summed E-state index contributed by atoms with van der Waals surface area (Å²) in [5.41, 5.74) is 2.01. The highest BCUT2D eigenvalue weighted by Crippen LogP contribution is 2.32. The van der Waals surface area contributed by atoms with Crippen molar-refractivity contribution in [2.75, 3.05) is 13.1 Å². The van der Waals surface area contributed by atoms with Crippen LogP contribution in [0.15, 0.2) is 21.4 Å². The first-order valence-corrected chi connectivity index (χ1v) is 11.1. The zero-order valence-electron chi connectivity index (χ0n) is 17.3. The summed E-state index contributed by atoms with van der Waals surface area (Å²) in [5.74, 6) is 2.32. The number of hydrogen-bond acceptors (Lipinski definition) is 3. The lowest BCUT2D eigenvalue weighted by atomic mass is 9.90. The Morgan fingerprint density at radius 1 is 1.22 bits per heavy atom. The minimum Gasteiger partial charge on any atom is -0.295 e. The van der Waals surface area contributed by atoms with Gasteiger partial charge in [0.1, 0.15) is 5.82 Å². The highest BCUT2D eigenvalue weighted by atomic mass is 79.9. The highest BCUT2D eigenvalue weighted by Gasteiger charge is 2.30. The zero-order valence-corrected chi connectivity index (χ0v) is 18.8. The molecule has 1 fully saturated rings. The predicted octanol–water partition coefficient (Wildman–Crippen LogP) is 5.31. The number of fused-ring (bicyclic) bond motifs is 1. The van der Waals surface area contributed by atoms with Crippen LogP contribution in [0.25, 0.3) is 10.9 Å². The minimum atomic E-state index is 0.0809. The normalized spacial score (nSPS) is 22.3. The van der Waals surface area contributed by atoms with Crippen LogP contribution in [0.3, 0.4) is 0 Å². The van der Waals surface area contributed by atoms with Crippen LogP contribution in [-0.2, 0) is 6.54 Å². The standard InChI is InChI=1S/C22H32BrN3O/c1-6-8-20(25-12-14(3)9-15(4)13-25)21-24-19-10-16(5)18(23)11-17(19)22(27)26(21)7-2/h10-11,14-15,20H,6-9,12-13H2,1-5H3/t14-,15+,20?. The van der Waals surface area contributed by atoms with E-state index in [-0.39, 0.29) is 11.6 Å². The summed E-state index contributed by atoms with van der Waals surface area (Å²) in [5, 5.41) is 0.703. The number of aryl methyl sites for hydroxylation is 1. The van der Waals surface area contributed by atoms with Crippen LogP contribution < -0.4 is 5.56 Å². The number of hydrogen-bond donors (Lipinski definition) is 0. The maximum Gasteiger partial charge on any atom is 0.261 e. The molecule has 1 unspecified atom stereocenters. The molecule has 0 N–H and O–H groups in total. The number of rotatable bonds is 5. The van der Waals surface area contributed by atoms with E-state index < -0.39 is 0 Å². The van der Waals surface area contributed by atoms with Crippen LogP contribution in [0.4, 0.5) is 0 Å². The van der Waals surface area contributed by atoms with Crippen molar-refractivity contribution in [1.82, 2.24) is 14.5 Å². The van der Waals surface area contributed by atoms with Crippen molar-refractivity contribution in [3.05, 3.63) is 38.3 Å². The molecule has 0 aliphatic carbocycles. The first-order valence-electron chi connectivity index (χ1n) is 10.3. The Morgan fingerprint density at radius 2 is 1.89 bits per heavy atom. The average Bonchev–Trinajstić information content (AvgIpc) is 2.60. The third-order valence-electron chi connectivity index (χ3n) is 5.78. The van der Waals surface area contributed by atoms with Gasteiger partial charge in [0.2, 0.25) is 0 Å². The molecule has 0 saturated carbocycles. The molecule has 2 aromatic rings. The third-order valence-corrected chi connectivity index (χ3v) is 6.63. The number of halogens is 1. The van der Waals surface area contributed by atoms with E-state index in [1.165, 1.54) is 6.42 Å². The highest BCUT2D eigenvalue weighted by molar-refractivity contribution is 9.10. The summed E-state index contributed by atoms with van der Waals surface area (Å²) < 4.78 is 2.86. The molecule has 27 heavy (non-hydrogen) atoms. The third kappa shape index (κ3) is 4.14. The molecule has 148 valence electrons. The lowest BCUT2D eigenvalue weighted by Crippen LogP contribution is -2.43. The molecule has 1 aliphatic heterocycles. The lowest BCUT2D eigenvalue weighted by Gasteiger charge is -2.40. The maximum atomic E-state index is 13.2. The van der Waals surface area contributed by atoms with Crippen molar-refractivity contribution in [2.45, 2.75) is 66.5 Å². The topological polar surface area (TPSA) is 38.1 Å². The molecule has 0 radical (unpaired) electrons. The van der Waals surface area contributed by atoms with Crippen molar-refractivity contribution in [3.63, 3.8) is 0 Å². The molecule has 0 bridgehead atoms. The van der Waals surface area contributed by atoms with E-state index in [0.29, 0.717) is 23.8 Å². The molecule has 4 nitrogen and oxygen atoms in total. The van der Waals surface area contributed by atoms with Crippen molar-refractivity contribution in [2.24, 2.45) is 11.8 Å². The largest absolute Gasteiger partial charge is 0.295 e. The fraction of sp³-hybridized carbons (Fsp3) is 0.636. The van der Waals surface area contributed by atoms with Gasteiger partial charge < -0.3 is 0 Å². The number of likely N-dealkylation sites (tertiary alicyclic amines) is 1. The molecule has 1 aromatic carbocycles. The van der Waals surface area contributed by atoms with Gasteiger partial charge in [0.05, 0.1) is 16.9 Å². The average molecular weight is 434 g/mol.